The second-order valence-corrected chi connectivity index (χ2v) is 7.83. The number of benzene rings is 2. The Morgan fingerprint density at radius 3 is 2.52 bits per heavy atom. The summed E-state index contributed by atoms with van der Waals surface area (Å²) in [6, 6.07) is 3.69. The molecule has 0 saturated heterocycles. The molecule has 0 N–H and O–H groups in total. The minimum Gasteiger partial charge on any atom is -0.494 e. The molecule has 6 nitrogen and oxygen atoms in total. The maximum atomic E-state index is 14.7. The molecule has 0 radical (unpaired) electrons. The topological polar surface area (TPSA) is 62.2 Å². The van der Waals surface area contributed by atoms with Crippen LogP contribution in [0.1, 0.15) is 19.5 Å². The molecule has 1 aliphatic heterocycles. The molecule has 172 valence electrons. The third kappa shape index (κ3) is 3.05. The van der Waals surface area contributed by atoms with Crippen LogP contribution < -0.4 is 10.4 Å². The van der Waals surface area contributed by atoms with Crippen molar-refractivity contribution in [1.82, 2.24) is 14.3 Å². The maximum absolute atomic E-state index is 14.7. The first-order chi connectivity index (χ1) is 15.6. The van der Waals surface area contributed by atoms with E-state index in [0.29, 0.717) is 12.1 Å². The van der Waals surface area contributed by atoms with E-state index in [4.69, 9.17) is 9.26 Å². The van der Waals surface area contributed by atoms with Crippen LogP contribution in [-0.2, 0) is 12.5 Å². The SMILES string of the molecule is CCOc1cc(-c2c(F)cc(F)cc2F)c2c(-n3cc4n(c3=O)C[C@@H](C)C4(F)F)noc2c1. The summed E-state index contributed by atoms with van der Waals surface area (Å²) in [5.41, 5.74) is -2.05. The molecule has 11 heteroatoms. The van der Waals surface area contributed by atoms with Crippen LogP contribution in [0.4, 0.5) is 22.0 Å². The minimum absolute atomic E-state index is 0.00698. The van der Waals surface area contributed by atoms with Gasteiger partial charge in [-0.3, -0.25) is 4.57 Å². The van der Waals surface area contributed by atoms with Crippen LogP contribution in [0.15, 0.2) is 39.8 Å². The Balaban J connectivity index is 1.82. The summed E-state index contributed by atoms with van der Waals surface area (Å²) in [4.78, 5) is 12.9. The number of halogens is 5. The van der Waals surface area contributed by atoms with Gasteiger partial charge >= 0.3 is 5.69 Å². The average molecular weight is 465 g/mol. The molecule has 0 unspecified atom stereocenters. The van der Waals surface area contributed by atoms with E-state index in [9.17, 15) is 26.7 Å². The second-order valence-electron chi connectivity index (χ2n) is 7.83. The highest BCUT2D eigenvalue weighted by molar-refractivity contribution is 6.00. The first-order valence-corrected chi connectivity index (χ1v) is 10.1. The fourth-order valence-corrected chi connectivity index (χ4v) is 4.16. The summed E-state index contributed by atoms with van der Waals surface area (Å²) in [7, 11) is 0. The molecule has 0 amide bonds. The number of fused-ring (bicyclic) bond motifs is 2. The molecular weight excluding hydrogens is 449 g/mol. The van der Waals surface area contributed by atoms with E-state index in [1.54, 1.807) is 6.92 Å². The Morgan fingerprint density at radius 1 is 1.18 bits per heavy atom. The number of alkyl halides is 2. The van der Waals surface area contributed by atoms with Gasteiger partial charge in [0.15, 0.2) is 11.4 Å². The van der Waals surface area contributed by atoms with E-state index in [2.05, 4.69) is 5.16 Å². The van der Waals surface area contributed by atoms with Gasteiger partial charge in [-0.05, 0) is 13.0 Å². The number of aromatic nitrogens is 3. The lowest BCUT2D eigenvalue weighted by atomic mass is 9.99. The highest BCUT2D eigenvalue weighted by atomic mass is 19.3. The molecule has 0 fully saturated rings. The molecule has 0 spiro atoms. The number of nitrogens with zero attached hydrogens (tertiary/aromatic N) is 3. The van der Waals surface area contributed by atoms with Gasteiger partial charge in [-0.25, -0.2) is 22.5 Å². The molecule has 0 aliphatic carbocycles. The van der Waals surface area contributed by atoms with Gasteiger partial charge in [0, 0.05) is 42.4 Å². The van der Waals surface area contributed by atoms with Crippen molar-refractivity contribution in [1.29, 1.82) is 0 Å². The van der Waals surface area contributed by atoms with Crippen molar-refractivity contribution in [2.75, 3.05) is 6.61 Å². The molecular formula is C22H16F5N3O3. The van der Waals surface area contributed by atoms with E-state index in [1.807, 2.05) is 0 Å². The summed E-state index contributed by atoms with van der Waals surface area (Å²) in [5, 5.41) is 3.80. The number of ether oxygens (including phenoxy) is 1. The van der Waals surface area contributed by atoms with Gasteiger partial charge in [-0.2, -0.15) is 8.78 Å². The zero-order valence-electron chi connectivity index (χ0n) is 17.3. The Hall–Kier alpha value is -3.63. The Kier molecular flexibility index (Phi) is 4.62. The van der Waals surface area contributed by atoms with Gasteiger partial charge in [-0.1, -0.05) is 12.1 Å². The summed E-state index contributed by atoms with van der Waals surface area (Å²) >= 11 is 0. The Bertz CT molecular complexity index is 1450. The van der Waals surface area contributed by atoms with Crippen molar-refractivity contribution in [2.24, 2.45) is 5.92 Å². The summed E-state index contributed by atoms with van der Waals surface area (Å²) in [6.07, 6.45) is 0.945. The third-order valence-electron chi connectivity index (χ3n) is 5.74. The Labute approximate surface area is 182 Å². The quantitative estimate of drug-likeness (QED) is 0.398. The predicted octanol–water partition coefficient (Wildman–Crippen LogP) is 5.00. The lowest BCUT2D eigenvalue weighted by Crippen LogP contribution is -2.24. The van der Waals surface area contributed by atoms with Crippen molar-refractivity contribution in [3.8, 4) is 22.7 Å². The number of imidazole rings is 1. The lowest BCUT2D eigenvalue weighted by Gasteiger charge is -2.13. The van der Waals surface area contributed by atoms with Gasteiger partial charge in [0.2, 0.25) is 0 Å². The van der Waals surface area contributed by atoms with Crippen LogP contribution in [0, 0.1) is 23.4 Å². The molecule has 4 aromatic rings. The molecule has 0 bridgehead atoms. The highest BCUT2D eigenvalue weighted by Crippen LogP contribution is 2.43. The molecule has 1 aliphatic rings. The summed E-state index contributed by atoms with van der Waals surface area (Å²) < 4.78 is 84.5. The average Bonchev–Trinajstić information content (AvgIpc) is 3.35. The highest BCUT2D eigenvalue weighted by Gasteiger charge is 2.48. The van der Waals surface area contributed by atoms with E-state index < -0.39 is 46.2 Å². The molecule has 1 atom stereocenters. The number of rotatable bonds is 4. The van der Waals surface area contributed by atoms with Crippen molar-refractivity contribution < 1.29 is 31.2 Å². The van der Waals surface area contributed by atoms with Crippen LogP contribution in [0.3, 0.4) is 0 Å². The molecule has 2 aromatic carbocycles. The first-order valence-electron chi connectivity index (χ1n) is 10.1. The smallest absolute Gasteiger partial charge is 0.334 e. The minimum atomic E-state index is -3.25. The van der Waals surface area contributed by atoms with Crippen LogP contribution in [0.2, 0.25) is 0 Å². The zero-order chi connectivity index (χ0) is 23.7. The van der Waals surface area contributed by atoms with Crippen LogP contribution in [0.5, 0.6) is 5.75 Å². The van der Waals surface area contributed by atoms with E-state index in [1.165, 1.54) is 19.1 Å². The zero-order valence-corrected chi connectivity index (χ0v) is 17.3. The monoisotopic (exact) mass is 465 g/mol. The third-order valence-corrected chi connectivity index (χ3v) is 5.74. The second kappa shape index (κ2) is 7.19. The van der Waals surface area contributed by atoms with Gasteiger partial charge in [0.1, 0.15) is 28.9 Å². The van der Waals surface area contributed by atoms with Crippen LogP contribution in [0.25, 0.3) is 27.9 Å². The van der Waals surface area contributed by atoms with Crippen LogP contribution in [-0.4, -0.2) is 20.9 Å². The fraction of sp³-hybridized carbons (Fsp3) is 0.273. The molecule has 5 rings (SSSR count). The molecule has 3 heterocycles. The molecule has 0 saturated carbocycles. The van der Waals surface area contributed by atoms with Crippen molar-refractivity contribution >= 4 is 11.0 Å². The molecule has 2 aromatic heterocycles. The fourth-order valence-electron chi connectivity index (χ4n) is 4.16. The van der Waals surface area contributed by atoms with Gasteiger partial charge in [-0.15, -0.1) is 0 Å². The van der Waals surface area contributed by atoms with Gasteiger partial charge < -0.3 is 9.26 Å². The van der Waals surface area contributed by atoms with E-state index >= 15 is 0 Å². The predicted molar refractivity (Wildman–Crippen MR) is 107 cm³/mol. The molecule has 33 heavy (non-hydrogen) atoms. The van der Waals surface area contributed by atoms with Crippen molar-refractivity contribution in [3.05, 3.63) is 64.1 Å². The van der Waals surface area contributed by atoms with Crippen LogP contribution >= 0.6 is 0 Å². The number of hydrogen-bond donors (Lipinski definition) is 0. The standard InChI is InChI=1S/C22H16F5N3O3/c1-3-32-12-6-13(18-14(24)4-11(23)5-15(18)25)19-16(7-12)33-28-20(19)30-9-17-22(26,27)10(2)8-29(17)21(30)31/h4-7,9-10H,3,8H2,1-2H3/t10-/m1/s1. The van der Waals surface area contributed by atoms with E-state index in [0.717, 1.165) is 15.3 Å². The van der Waals surface area contributed by atoms with Gasteiger partial charge in [0.25, 0.3) is 5.92 Å². The number of hydrogen-bond acceptors (Lipinski definition) is 4. The largest absolute Gasteiger partial charge is 0.494 e. The van der Waals surface area contributed by atoms with Crippen molar-refractivity contribution in [3.63, 3.8) is 0 Å². The lowest BCUT2D eigenvalue weighted by molar-refractivity contribution is -0.0454. The summed E-state index contributed by atoms with van der Waals surface area (Å²) in [6.45, 7) is 3.04. The van der Waals surface area contributed by atoms with E-state index in [-0.39, 0.29) is 41.3 Å². The summed E-state index contributed by atoms with van der Waals surface area (Å²) in [5.74, 6) is -7.91. The maximum Gasteiger partial charge on any atom is 0.334 e. The van der Waals surface area contributed by atoms with Gasteiger partial charge in [0.05, 0.1) is 17.6 Å². The normalized spacial score (nSPS) is 17.0. The Morgan fingerprint density at radius 2 is 1.88 bits per heavy atom. The van der Waals surface area contributed by atoms with Crippen molar-refractivity contribution in [2.45, 2.75) is 26.3 Å². The first kappa shape index (κ1) is 21.2.